The Hall–Kier alpha value is -1.58. The van der Waals surface area contributed by atoms with Gasteiger partial charge in [0.05, 0.1) is 11.0 Å². The van der Waals surface area contributed by atoms with Crippen LogP contribution in [0.1, 0.15) is 27.2 Å². The number of anilines is 1. The zero-order valence-corrected chi connectivity index (χ0v) is 9.79. The standard InChI is InChI=1S/C12H16FN3/c1-4-12(2,3)16-10-7-8(13)5-6-9(10)15-11(16)14/h5-7H,4H2,1-3H3,(H2,14,15). The number of halogens is 1. The Kier molecular flexibility index (Phi) is 2.37. The fourth-order valence-corrected chi connectivity index (χ4v) is 1.86. The smallest absolute Gasteiger partial charge is 0.201 e. The number of benzene rings is 1. The van der Waals surface area contributed by atoms with Crippen LogP contribution in [-0.4, -0.2) is 9.55 Å². The highest BCUT2D eigenvalue weighted by molar-refractivity contribution is 5.78. The molecule has 0 radical (unpaired) electrons. The third kappa shape index (κ3) is 1.54. The summed E-state index contributed by atoms with van der Waals surface area (Å²) in [5.74, 6) is 0.174. The molecule has 0 aliphatic rings. The molecule has 4 heteroatoms. The molecule has 0 saturated carbocycles. The lowest BCUT2D eigenvalue weighted by Crippen LogP contribution is -2.26. The maximum Gasteiger partial charge on any atom is 0.201 e. The zero-order valence-electron chi connectivity index (χ0n) is 9.79. The van der Waals surface area contributed by atoms with Crippen LogP contribution in [0.4, 0.5) is 10.3 Å². The fraction of sp³-hybridized carbons (Fsp3) is 0.417. The number of nitrogens with two attached hydrogens (primary N) is 1. The van der Waals surface area contributed by atoms with Gasteiger partial charge < -0.3 is 10.3 Å². The van der Waals surface area contributed by atoms with Crippen molar-refractivity contribution in [1.82, 2.24) is 9.55 Å². The SMILES string of the molecule is CCC(C)(C)n1c(N)nc2ccc(F)cc21. The fourth-order valence-electron chi connectivity index (χ4n) is 1.86. The van der Waals surface area contributed by atoms with Gasteiger partial charge in [0, 0.05) is 5.54 Å². The van der Waals surface area contributed by atoms with E-state index in [1.165, 1.54) is 12.1 Å². The molecule has 0 bridgehead atoms. The number of hydrogen-bond donors (Lipinski definition) is 1. The average molecular weight is 221 g/mol. The van der Waals surface area contributed by atoms with E-state index in [4.69, 9.17) is 5.73 Å². The van der Waals surface area contributed by atoms with E-state index in [0.29, 0.717) is 5.95 Å². The van der Waals surface area contributed by atoms with E-state index in [9.17, 15) is 4.39 Å². The molecule has 86 valence electrons. The van der Waals surface area contributed by atoms with Crippen LogP contribution < -0.4 is 5.73 Å². The summed E-state index contributed by atoms with van der Waals surface area (Å²) < 4.78 is 15.1. The molecule has 0 aliphatic heterocycles. The molecular formula is C12H16FN3. The monoisotopic (exact) mass is 221 g/mol. The van der Waals surface area contributed by atoms with E-state index in [2.05, 4.69) is 25.8 Å². The molecule has 3 nitrogen and oxygen atoms in total. The first-order chi connectivity index (χ1) is 7.45. The highest BCUT2D eigenvalue weighted by Gasteiger charge is 2.23. The minimum atomic E-state index is -0.263. The number of hydrogen-bond acceptors (Lipinski definition) is 2. The van der Waals surface area contributed by atoms with E-state index >= 15 is 0 Å². The van der Waals surface area contributed by atoms with Crippen molar-refractivity contribution in [3.63, 3.8) is 0 Å². The van der Waals surface area contributed by atoms with E-state index < -0.39 is 0 Å². The Morgan fingerprint density at radius 2 is 2.12 bits per heavy atom. The van der Waals surface area contributed by atoms with Crippen LogP contribution >= 0.6 is 0 Å². The van der Waals surface area contributed by atoms with Gasteiger partial charge in [-0.3, -0.25) is 0 Å². The molecule has 16 heavy (non-hydrogen) atoms. The van der Waals surface area contributed by atoms with Crippen LogP contribution in [0.3, 0.4) is 0 Å². The quantitative estimate of drug-likeness (QED) is 0.847. The van der Waals surface area contributed by atoms with Crippen molar-refractivity contribution >= 4 is 17.0 Å². The summed E-state index contributed by atoms with van der Waals surface area (Å²) in [5, 5.41) is 0. The molecule has 2 N–H and O–H groups in total. The molecule has 1 aromatic carbocycles. The Bertz CT molecular complexity index is 528. The molecule has 1 aromatic heterocycles. The van der Waals surface area contributed by atoms with E-state index in [0.717, 1.165) is 17.5 Å². The van der Waals surface area contributed by atoms with Crippen molar-refractivity contribution in [2.45, 2.75) is 32.7 Å². The second kappa shape index (κ2) is 3.47. The molecule has 0 saturated heterocycles. The molecule has 2 aromatic rings. The molecule has 0 fully saturated rings. The summed E-state index contributed by atoms with van der Waals surface area (Å²) in [5.41, 5.74) is 7.22. The van der Waals surface area contributed by atoms with Gasteiger partial charge in [-0.15, -0.1) is 0 Å². The minimum Gasteiger partial charge on any atom is -0.369 e. The number of imidazole rings is 1. The van der Waals surface area contributed by atoms with Gasteiger partial charge in [-0.1, -0.05) is 6.92 Å². The lowest BCUT2D eigenvalue weighted by Gasteiger charge is -2.26. The van der Waals surface area contributed by atoms with Crippen molar-refractivity contribution in [2.24, 2.45) is 0 Å². The second-order valence-electron chi connectivity index (χ2n) is 4.60. The van der Waals surface area contributed by atoms with Gasteiger partial charge in [0.2, 0.25) is 5.95 Å². The third-order valence-corrected chi connectivity index (χ3v) is 3.11. The van der Waals surface area contributed by atoms with E-state index in [1.807, 2.05) is 4.57 Å². The Morgan fingerprint density at radius 3 is 2.75 bits per heavy atom. The molecule has 0 spiro atoms. The number of nitrogen functional groups attached to an aromatic ring is 1. The van der Waals surface area contributed by atoms with E-state index in [1.54, 1.807) is 6.07 Å². The Balaban J connectivity index is 2.77. The van der Waals surface area contributed by atoms with Crippen LogP contribution in [0.5, 0.6) is 0 Å². The zero-order chi connectivity index (χ0) is 11.9. The summed E-state index contributed by atoms with van der Waals surface area (Å²) in [4.78, 5) is 4.24. The summed E-state index contributed by atoms with van der Waals surface area (Å²) >= 11 is 0. The van der Waals surface area contributed by atoms with Gasteiger partial charge in [0.1, 0.15) is 5.82 Å². The van der Waals surface area contributed by atoms with Crippen LogP contribution in [0, 0.1) is 5.82 Å². The van der Waals surface area contributed by atoms with Gasteiger partial charge in [-0.25, -0.2) is 9.37 Å². The first-order valence-electron chi connectivity index (χ1n) is 5.39. The summed E-state index contributed by atoms with van der Waals surface area (Å²) in [6.45, 7) is 6.20. The number of aromatic nitrogens is 2. The second-order valence-corrected chi connectivity index (χ2v) is 4.60. The molecule has 0 atom stereocenters. The topological polar surface area (TPSA) is 43.8 Å². The first-order valence-corrected chi connectivity index (χ1v) is 5.39. The summed E-state index contributed by atoms with van der Waals surface area (Å²) in [7, 11) is 0. The molecule has 0 amide bonds. The van der Waals surface area contributed by atoms with Crippen LogP contribution in [0.2, 0.25) is 0 Å². The summed E-state index contributed by atoms with van der Waals surface area (Å²) in [6.07, 6.45) is 0.902. The maximum absolute atomic E-state index is 13.2. The van der Waals surface area contributed by atoms with E-state index in [-0.39, 0.29) is 11.4 Å². The van der Waals surface area contributed by atoms with Crippen molar-refractivity contribution in [1.29, 1.82) is 0 Å². The number of fused-ring (bicyclic) bond motifs is 1. The normalized spacial score (nSPS) is 12.2. The highest BCUT2D eigenvalue weighted by atomic mass is 19.1. The van der Waals surface area contributed by atoms with Gasteiger partial charge in [0.25, 0.3) is 0 Å². The molecule has 1 heterocycles. The predicted molar refractivity (Wildman–Crippen MR) is 63.7 cm³/mol. The van der Waals surface area contributed by atoms with Gasteiger partial charge >= 0.3 is 0 Å². The molecule has 0 unspecified atom stereocenters. The lowest BCUT2D eigenvalue weighted by atomic mass is 10.0. The van der Waals surface area contributed by atoms with Crippen LogP contribution in [-0.2, 0) is 5.54 Å². The predicted octanol–water partition coefficient (Wildman–Crippen LogP) is 2.90. The van der Waals surface area contributed by atoms with Crippen molar-refractivity contribution < 1.29 is 4.39 Å². The minimum absolute atomic E-state index is 0.160. The lowest BCUT2D eigenvalue weighted by molar-refractivity contribution is 0.357. The molecular weight excluding hydrogens is 205 g/mol. The highest BCUT2D eigenvalue weighted by Crippen LogP contribution is 2.29. The van der Waals surface area contributed by atoms with Crippen LogP contribution in [0.25, 0.3) is 11.0 Å². The maximum atomic E-state index is 13.2. The van der Waals surface area contributed by atoms with Crippen molar-refractivity contribution in [3.8, 4) is 0 Å². The number of rotatable bonds is 2. The average Bonchev–Trinajstić information content (AvgIpc) is 2.54. The molecule has 2 rings (SSSR count). The Morgan fingerprint density at radius 1 is 1.44 bits per heavy atom. The first kappa shape index (κ1) is 10.9. The summed E-state index contributed by atoms with van der Waals surface area (Å²) in [6, 6.07) is 4.54. The number of nitrogens with zero attached hydrogens (tertiary/aromatic N) is 2. The third-order valence-electron chi connectivity index (χ3n) is 3.11. The largest absolute Gasteiger partial charge is 0.369 e. The van der Waals surface area contributed by atoms with Gasteiger partial charge in [-0.05, 0) is 38.5 Å². The van der Waals surface area contributed by atoms with Crippen molar-refractivity contribution in [3.05, 3.63) is 24.0 Å². The van der Waals surface area contributed by atoms with Gasteiger partial charge in [0.15, 0.2) is 0 Å². The Labute approximate surface area is 94.1 Å². The van der Waals surface area contributed by atoms with Gasteiger partial charge in [-0.2, -0.15) is 0 Å². The van der Waals surface area contributed by atoms with Crippen LogP contribution in [0.15, 0.2) is 18.2 Å². The van der Waals surface area contributed by atoms with Crippen molar-refractivity contribution in [2.75, 3.05) is 5.73 Å². The molecule has 0 aliphatic carbocycles.